The molecule has 0 bridgehead atoms. The highest BCUT2D eigenvalue weighted by atomic mass is 32.1. The molecule has 1 aromatic carbocycles. The summed E-state index contributed by atoms with van der Waals surface area (Å²) < 4.78 is 0. The van der Waals surface area contributed by atoms with Crippen LogP contribution >= 0.6 is 11.3 Å². The number of rotatable bonds is 5. The van der Waals surface area contributed by atoms with Crippen LogP contribution in [0.3, 0.4) is 0 Å². The minimum atomic E-state index is -0.265. The molecule has 2 aromatic rings. The number of amides is 2. The monoisotopic (exact) mass is 303 g/mol. The van der Waals surface area contributed by atoms with Crippen molar-refractivity contribution < 1.29 is 9.59 Å². The van der Waals surface area contributed by atoms with Gasteiger partial charge in [0.05, 0.1) is 12.2 Å². The smallest absolute Gasteiger partial charge is 0.263 e. The predicted octanol–water partition coefficient (Wildman–Crippen LogP) is 1.98. The van der Waals surface area contributed by atoms with Crippen LogP contribution in [0.2, 0.25) is 0 Å². The lowest BCUT2D eigenvalue weighted by molar-refractivity contribution is -0.120. The van der Waals surface area contributed by atoms with E-state index in [9.17, 15) is 9.59 Å². The molecule has 0 aliphatic heterocycles. The second-order valence-corrected chi connectivity index (χ2v) is 5.43. The molecule has 0 saturated heterocycles. The summed E-state index contributed by atoms with van der Waals surface area (Å²) in [5.41, 5.74) is 1.65. The third kappa shape index (κ3) is 3.88. The van der Waals surface area contributed by atoms with Crippen LogP contribution < -0.4 is 10.6 Å². The van der Waals surface area contributed by atoms with Gasteiger partial charge in [0.2, 0.25) is 5.91 Å². The molecule has 21 heavy (non-hydrogen) atoms. The van der Waals surface area contributed by atoms with E-state index in [2.05, 4.69) is 15.6 Å². The topological polar surface area (TPSA) is 71.1 Å². The largest absolute Gasteiger partial charge is 0.355 e. The molecule has 0 radical (unpaired) electrons. The van der Waals surface area contributed by atoms with Gasteiger partial charge < -0.3 is 10.6 Å². The van der Waals surface area contributed by atoms with Crippen molar-refractivity contribution in [1.82, 2.24) is 15.6 Å². The van der Waals surface area contributed by atoms with Crippen molar-refractivity contribution in [2.75, 3.05) is 13.1 Å². The first kappa shape index (κ1) is 15.2. The number of hydrogen-bond acceptors (Lipinski definition) is 4. The van der Waals surface area contributed by atoms with Crippen LogP contribution in [-0.2, 0) is 4.79 Å². The Morgan fingerprint density at radius 2 is 1.90 bits per heavy atom. The van der Waals surface area contributed by atoms with Gasteiger partial charge in [-0.2, -0.15) is 0 Å². The van der Waals surface area contributed by atoms with E-state index in [1.165, 1.54) is 11.3 Å². The highest BCUT2D eigenvalue weighted by molar-refractivity contribution is 7.17. The Labute approximate surface area is 127 Å². The third-order valence-corrected chi connectivity index (χ3v) is 4.01. The molecular formula is C15H17N3O2S. The van der Waals surface area contributed by atoms with Crippen LogP contribution in [0.4, 0.5) is 0 Å². The molecule has 2 amide bonds. The van der Waals surface area contributed by atoms with Crippen molar-refractivity contribution in [2.24, 2.45) is 0 Å². The molecule has 0 aliphatic rings. The zero-order chi connectivity index (χ0) is 15.2. The highest BCUT2D eigenvalue weighted by Gasteiger charge is 2.16. The van der Waals surface area contributed by atoms with Crippen molar-refractivity contribution in [2.45, 2.75) is 13.8 Å². The highest BCUT2D eigenvalue weighted by Crippen LogP contribution is 2.27. The van der Waals surface area contributed by atoms with E-state index < -0.39 is 0 Å². The first-order chi connectivity index (χ1) is 10.1. The summed E-state index contributed by atoms with van der Waals surface area (Å²) in [6.07, 6.45) is 0. The van der Waals surface area contributed by atoms with Gasteiger partial charge in [-0.15, -0.1) is 11.3 Å². The molecule has 0 unspecified atom stereocenters. The van der Waals surface area contributed by atoms with Gasteiger partial charge >= 0.3 is 0 Å². The van der Waals surface area contributed by atoms with Crippen molar-refractivity contribution in [1.29, 1.82) is 0 Å². The number of carbonyl (C=O) groups is 2. The maximum atomic E-state index is 12.1. The zero-order valence-electron chi connectivity index (χ0n) is 12.0. The van der Waals surface area contributed by atoms with E-state index in [4.69, 9.17) is 0 Å². The molecule has 1 aromatic heterocycles. The molecule has 5 nitrogen and oxygen atoms in total. The summed E-state index contributed by atoms with van der Waals surface area (Å²) in [6, 6.07) is 9.70. The van der Waals surface area contributed by atoms with E-state index in [-0.39, 0.29) is 18.4 Å². The molecule has 2 rings (SSSR count). The van der Waals surface area contributed by atoms with Crippen LogP contribution in [0.25, 0.3) is 10.6 Å². The molecule has 0 aliphatic carbocycles. The molecule has 1 heterocycles. The minimum Gasteiger partial charge on any atom is -0.355 e. The lowest BCUT2D eigenvalue weighted by Crippen LogP contribution is -2.36. The number of thiazole rings is 1. The van der Waals surface area contributed by atoms with Gasteiger partial charge in [0.25, 0.3) is 5.91 Å². The van der Waals surface area contributed by atoms with Gasteiger partial charge in [-0.3, -0.25) is 9.59 Å². The Morgan fingerprint density at radius 3 is 2.57 bits per heavy atom. The lowest BCUT2D eigenvalue weighted by Gasteiger charge is -2.03. The Balaban J connectivity index is 2.09. The number of aromatic nitrogens is 1. The average Bonchev–Trinajstić information content (AvgIpc) is 2.88. The van der Waals surface area contributed by atoms with Gasteiger partial charge in [0, 0.05) is 12.1 Å². The summed E-state index contributed by atoms with van der Waals surface area (Å²) in [5.74, 6) is -0.463. The SMILES string of the molecule is CCNC(=O)CNC(=O)c1sc(-c2ccccc2)nc1C. The molecule has 0 spiro atoms. The summed E-state index contributed by atoms with van der Waals surface area (Å²) in [6.45, 7) is 4.15. The van der Waals surface area contributed by atoms with E-state index >= 15 is 0 Å². The Morgan fingerprint density at radius 1 is 1.19 bits per heavy atom. The Kier molecular flexibility index (Phi) is 5.05. The fourth-order valence-electron chi connectivity index (χ4n) is 1.81. The van der Waals surface area contributed by atoms with E-state index in [0.717, 1.165) is 10.6 Å². The standard InChI is InChI=1S/C15H17N3O2S/c1-3-16-12(19)9-17-14(20)13-10(2)18-15(21-13)11-7-5-4-6-8-11/h4-8H,3,9H2,1-2H3,(H,16,19)(H,17,20). The zero-order valence-corrected chi connectivity index (χ0v) is 12.8. The summed E-state index contributed by atoms with van der Waals surface area (Å²) in [4.78, 5) is 28.4. The fraction of sp³-hybridized carbons (Fsp3) is 0.267. The lowest BCUT2D eigenvalue weighted by atomic mass is 10.2. The number of nitrogens with zero attached hydrogens (tertiary/aromatic N) is 1. The van der Waals surface area contributed by atoms with Crippen LogP contribution in [0.5, 0.6) is 0 Å². The van der Waals surface area contributed by atoms with Crippen LogP contribution in [-0.4, -0.2) is 29.9 Å². The summed E-state index contributed by atoms with van der Waals surface area (Å²) >= 11 is 1.33. The molecular weight excluding hydrogens is 286 g/mol. The molecule has 6 heteroatoms. The van der Waals surface area contributed by atoms with E-state index in [1.807, 2.05) is 37.3 Å². The number of carbonyl (C=O) groups excluding carboxylic acids is 2. The van der Waals surface area contributed by atoms with Crippen LogP contribution in [0, 0.1) is 6.92 Å². The van der Waals surface area contributed by atoms with Gasteiger partial charge in [-0.05, 0) is 13.8 Å². The van der Waals surface area contributed by atoms with Crippen molar-refractivity contribution in [3.63, 3.8) is 0 Å². The van der Waals surface area contributed by atoms with Gasteiger partial charge in [0.15, 0.2) is 0 Å². The third-order valence-electron chi connectivity index (χ3n) is 2.81. The Bertz CT molecular complexity index is 638. The van der Waals surface area contributed by atoms with Crippen LogP contribution in [0.15, 0.2) is 30.3 Å². The summed E-state index contributed by atoms with van der Waals surface area (Å²) in [5, 5.41) is 6.04. The number of hydrogen-bond donors (Lipinski definition) is 2. The fourth-order valence-corrected chi connectivity index (χ4v) is 2.80. The first-order valence-corrected chi connectivity index (χ1v) is 7.51. The molecule has 0 atom stereocenters. The minimum absolute atomic E-state index is 0.0231. The Hall–Kier alpha value is -2.21. The summed E-state index contributed by atoms with van der Waals surface area (Å²) in [7, 11) is 0. The normalized spacial score (nSPS) is 10.2. The van der Waals surface area contributed by atoms with Gasteiger partial charge in [0.1, 0.15) is 9.88 Å². The van der Waals surface area contributed by atoms with Crippen molar-refractivity contribution >= 4 is 23.2 Å². The maximum Gasteiger partial charge on any atom is 0.263 e. The van der Waals surface area contributed by atoms with E-state index in [0.29, 0.717) is 17.1 Å². The van der Waals surface area contributed by atoms with Crippen molar-refractivity contribution in [3.05, 3.63) is 40.9 Å². The van der Waals surface area contributed by atoms with Gasteiger partial charge in [-0.1, -0.05) is 30.3 Å². The van der Waals surface area contributed by atoms with E-state index in [1.54, 1.807) is 6.92 Å². The number of likely N-dealkylation sites (N-methyl/N-ethyl adjacent to an activating group) is 1. The molecule has 2 N–H and O–H groups in total. The molecule has 0 fully saturated rings. The first-order valence-electron chi connectivity index (χ1n) is 6.69. The maximum absolute atomic E-state index is 12.1. The molecule has 0 saturated carbocycles. The van der Waals surface area contributed by atoms with Gasteiger partial charge in [-0.25, -0.2) is 4.98 Å². The van der Waals surface area contributed by atoms with Crippen LogP contribution in [0.1, 0.15) is 22.3 Å². The number of nitrogens with one attached hydrogen (secondary N) is 2. The average molecular weight is 303 g/mol. The second-order valence-electron chi connectivity index (χ2n) is 4.44. The van der Waals surface area contributed by atoms with Crippen molar-refractivity contribution in [3.8, 4) is 10.6 Å². The predicted molar refractivity (Wildman–Crippen MR) is 83.3 cm³/mol. The number of aryl methyl sites for hydroxylation is 1. The second kappa shape index (κ2) is 6.99. The molecule has 110 valence electrons. The number of benzene rings is 1. The quantitative estimate of drug-likeness (QED) is 0.887.